The molecule has 1 aromatic rings. The third-order valence-corrected chi connectivity index (χ3v) is 3.40. The molecule has 3 heteroatoms. The van der Waals surface area contributed by atoms with Gasteiger partial charge in [0.2, 0.25) is 0 Å². The molecule has 0 amide bonds. The zero-order valence-electron chi connectivity index (χ0n) is 8.53. The molecule has 0 aromatic heterocycles. The van der Waals surface area contributed by atoms with Gasteiger partial charge in [0, 0.05) is 10.6 Å². The molecular formula is C11H17NOS. The van der Waals surface area contributed by atoms with Crippen LogP contribution in [0.15, 0.2) is 35.2 Å². The van der Waals surface area contributed by atoms with Crippen LogP contribution in [-0.2, 0) is 10.8 Å². The second-order valence-corrected chi connectivity index (χ2v) is 4.64. The van der Waals surface area contributed by atoms with Gasteiger partial charge in [0.25, 0.3) is 0 Å². The van der Waals surface area contributed by atoms with E-state index in [1.807, 2.05) is 30.3 Å². The van der Waals surface area contributed by atoms with Crippen molar-refractivity contribution < 1.29 is 4.21 Å². The predicted octanol–water partition coefficient (Wildman–Crippen LogP) is 1.79. The third-order valence-electron chi connectivity index (χ3n) is 1.94. The van der Waals surface area contributed by atoms with Crippen molar-refractivity contribution in [2.75, 3.05) is 18.8 Å². The molecule has 1 N–H and O–H groups in total. The molecule has 0 bridgehead atoms. The lowest BCUT2D eigenvalue weighted by atomic mass is 10.4. The largest absolute Gasteiger partial charge is 0.317 e. The lowest BCUT2D eigenvalue weighted by Gasteiger charge is -2.02. The van der Waals surface area contributed by atoms with Crippen molar-refractivity contribution in [3.05, 3.63) is 30.3 Å². The molecule has 0 saturated carbocycles. The maximum Gasteiger partial charge on any atom is 0.0529 e. The molecule has 0 aliphatic rings. The van der Waals surface area contributed by atoms with Gasteiger partial charge < -0.3 is 5.32 Å². The van der Waals surface area contributed by atoms with Gasteiger partial charge in [-0.1, -0.05) is 25.1 Å². The van der Waals surface area contributed by atoms with Crippen molar-refractivity contribution in [3.63, 3.8) is 0 Å². The normalized spacial score (nSPS) is 12.6. The maximum atomic E-state index is 11.7. The van der Waals surface area contributed by atoms with Crippen LogP contribution in [-0.4, -0.2) is 23.1 Å². The molecule has 0 fully saturated rings. The Morgan fingerprint density at radius 2 is 2.00 bits per heavy atom. The SMILES string of the molecule is CCNCCCS(=O)c1ccccc1. The first-order valence-electron chi connectivity index (χ1n) is 4.98. The highest BCUT2D eigenvalue weighted by Crippen LogP contribution is 2.05. The van der Waals surface area contributed by atoms with Crippen LogP contribution in [0.3, 0.4) is 0 Å². The first kappa shape index (κ1) is 11.4. The molecule has 0 radical (unpaired) electrons. The highest BCUT2D eigenvalue weighted by Gasteiger charge is 2.01. The van der Waals surface area contributed by atoms with Gasteiger partial charge in [-0.15, -0.1) is 0 Å². The Morgan fingerprint density at radius 3 is 2.64 bits per heavy atom. The van der Waals surface area contributed by atoms with Crippen molar-refractivity contribution in [1.82, 2.24) is 5.32 Å². The number of nitrogens with one attached hydrogen (secondary N) is 1. The topological polar surface area (TPSA) is 29.1 Å². The van der Waals surface area contributed by atoms with Crippen LogP contribution in [0.25, 0.3) is 0 Å². The van der Waals surface area contributed by atoms with Gasteiger partial charge in [0.05, 0.1) is 10.8 Å². The summed E-state index contributed by atoms with van der Waals surface area (Å²) in [5, 5.41) is 3.22. The molecule has 78 valence electrons. The molecule has 1 rings (SSSR count). The number of hydrogen-bond acceptors (Lipinski definition) is 2. The van der Waals surface area contributed by atoms with Gasteiger partial charge in [-0.3, -0.25) is 4.21 Å². The second kappa shape index (κ2) is 6.74. The Hall–Kier alpha value is -0.670. The number of benzene rings is 1. The minimum absolute atomic E-state index is 0.747. The van der Waals surface area contributed by atoms with E-state index in [2.05, 4.69) is 12.2 Å². The summed E-state index contributed by atoms with van der Waals surface area (Å²) in [6, 6.07) is 9.64. The minimum Gasteiger partial charge on any atom is -0.317 e. The van der Waals surface area contributed by atoms with Crippen LogP contribution in [0.4, 0.5) is 0 Å². The molecule has 1 unspecified atom stereocenters. The van der Waals surface area contributed by atoms with E-state index in [-0.39, 0.29) is 0 Å². The lowest BCUT2D eigenvalue weighted by Crippen LogP contribution is -2.16. The van der Waals surface area contributed by atoms with Crippen molar-refractivity contribution in [2.24, 2.45) is 0 Å². The quantitative estimate of drug-likeness (QED) is 0.727. The van der Waals surface area contributed by atoms with Gasteiger partial charge in [-0.05, 0) is 31.6 Å². The summed E-state index contributed by atoms with van der Waals surface area (Å²) < 4.78 is 11.7. The molecule has 0 saturated heterocycles. The highest BCUT2D eigenvalue weighted by molar-refractivity contribution is 7.85. The van der Waals surface area contributed by atoms with Crippen LogP contribution < -0.4 is 5.32 Å². The van der Waals surface area contributed by atoms with E-state index < -0.39 is 10.8 Å². The smallest absolute Gasteiger partial charge is 0.0529 e. The molecule has 0 aliphatic carbocycles. The first-order chi connectivity index (χ1) is 6.84. The zero-order chi connectivity index (χ0) is 10.2. The number of hydrogen-bond donors (Lipinski definition) is 1. The summed E-state index contributed by atoms with van der Waals surface area (Å²) in [5.41, 5.74) is 0. The molecule has 1 atom stereocenters. The van der Waals surface area contributed by atoms with Crippen LogP contribution in [0, 0.1) is 0 Å². The van der Waals surface area contributed by atoms with Crippen molar-refractivity contribution in [3.8, 4) is 0 Å². The summed E-state index contributed by atoms with van der Waals surface area (Å²) in [7, 11) is -0.827. The Bertz CT molecular complexity index is 274. The molecule has 2 nitrogen and oxygen atoms in total. The average molecular weight is 211 g/mol. The molecular weight excluding hydrogens is 194 g/mol. The lowest BCUT2D eigenvalue weighted by molar-refractivity contribution is 0.670. The van der Waals surface area contributed by atoms with Gasteiger partial charge in [-0.25, -0.2) is 0 Å². The Labute approximate surface area is 88.2 Å². The first-order valence-corrected chi connectivity index (χ1v) is 6.30. The molecule has 14 heavy (non-hydrogen) atoms. The Balaban J connectivity index is 2.29. The van der Waals surface area contributed by atoms with Crippen molar-refractivity contribution in [2.45, 2.75) is 18.2 Å². The molecule has 0 spiro atoms. The summed E-state index contributed by atoms with van der Waals surface area (Å²) in [6.07, 6.45) is 0.968. The van der Waals surface area contributed by atoms with Crippen LogP contribution >= 0.6 is 0 Å². The fourth-order valence-electron chi connectivity index (χ4n) is 1.20. The Kier molecular flexibility index (Phi) is 5.49. The summed E-state index contributed by atoms with van der Waals surface area (Å²) >= 11 is 0. The van der Waals surface area contributed by atoms with E-state index in [9.17, 15) is 4.21 Å². The monoisotopic (exact) mass is 211 g/mol. The van der Waals surface area contributed by atoms with E-state index in [1.165, 1.54) is 0 Å². The molecule has 1 aromatic carbocycles. The van der Waals surface area contributed by atoms with Gasteiger partial charge in [0.1, 0.15) is 0 Å². The molecule has 0 heterocycles. The fourth-order valence-corrected chi connectivity index (χ4v) is 2.30. The summed E-state index contributed by atoms with van der Waals surface area (Å²) in [4.78, 5) is 0.934. The van der Waals surface area contributed by atoms with Crippen molar-refractivity contribution in [1.29, 1.82) is 0 Å². The summed E-state index contributed by atoms with van der Waals surface area (Å²) in [6.45, 7) is 4.02. The van der Waals surface area contributed by atoms with E-state index in [1.54, 1.807) is 0 Å². The van der Waals surface area contributed by atoms with Crippen molar-refractivity contribution >= 4 is 10.8 Å². The minimum atomic E-state index is -0.827. The van der Waals surface area contributed by atoms with E-state index >= 15 is 0 Å². The van der Waals surface area contributed by atoms with Gasteiger partial charge in [-0.2, -0.15) is 0 Å². The van der Waals surface area contributed by atoms with Crippen LogP contribution in [0.5, 0.6) is 0 Å². The van der Waals surface area contributed by atoms with Gasteiger partial charge in [0.15, 0.2) is 0 Å². The average Bonchev–Trinajstić information content (AvgIpc) is 2.25. The molecule has 0 aliphatic heterocycles. The van der Waals surface area contributed by atoms with E-state index in [0.29, 0.717) is 0 Å². The van der Waals surface area contributed by atoms with Crippen LogP contribution in [0.2, 0.25) is 0 Å². The third kappa shape index (κ3) is 4.03. The highest BCUT2D eigenvalue weighted by atomic mass is 32.2. The fraction of sp³-hybridized carbons (Fsp3) is 0.455. The second-order valence-electron chi connectivity index (χ2n) is 3.07. The summed E-state index contributed by atoms with van der Waals surface area (Å²) in [5.74, 6) is 0.747. The number of rotatable bonds is 6. The van der Waals surface area contributed by atoms with E-state index in [0.717, 1.165) is 30.2 Å². The van der Waals surface area contributed by atoms with Gasteiger partial charge >= 0.3 is 0 Å². The standard InChI is InChI=1S/C11H17NOS/c1-2-12-9-6-10-14(13)11-7-4-3-5-8-11/h3-5,7-8,12H,2,6,9-10H2,1H3. The maximum absolute atomic E-state index is 11.7. The van der Waals surface area contributed by atoms with Crippen LogP contribution in [0.1, 0.15) is 13.3 Å². The predicted molar refractivity (Wildman–Crippen MR) is 60.9 cm³/mol. The van der Waals surface area contributed by atoms with E-state index in [4.69, 9.17) is 0 Å². The Morgan fingerprint density at radius 1 is 1.29 bits per heavy atom. The zero-order valence-corrected chi connectivity index (χ0v) is 9.35.